The molecule has 0 N–H and O–H groups in total. The van der Waals surface area contributed by atoms with Gasteiger partial charge in [0.2, 0.25) is 11.7 Å². The molecule has 1 aromatic heterocycles. The molecule has 5 rings (SSSR count). The largest absolute Gasteiger partial charge is 0.338 e. The summed E-state index contributed by atoms with van der Waals surface area (Å²) in [6, 6.07) is 18.2. The fourth-order valence-electron chi connectivity index (χ4n) is 4.18. The van der Waals surface area contributed by atoms with E-state index in [9.17, 15) is 4.79 Å². The van der Waals surface area contributed by atoms with Crippen molar-refractivity contribution in [3.05, 3.63) is 71.6 Å². The number of carbonyl (C=O) groups excluding carboxylic acids is 1. The maximum absolute atomic E-state index is 12.8. The highest BCUT2D eigenvalue weighted by Crippen LogP contribution is 2.18. The minimum absolute atomic E-state index is 0.0639. The van der Waals surface area contributed by atoms with E-state index in [0.717, 1.165) is 49.4 Å². The van der Waals surface area contributed by atoms with Crippen LogP contribution in [0.5, 0.6) is 0 Å². The molecule has 1 fully saturated rings. The summed E-state index contributed by atoms with van der Waals surface area (Å²) in [5.74, 6) is 1.30. The van der Waals surface area contributed by atoms with Gasteiger partial charge in [0.05, 0.1) is 25.3 Å². The molecule has 2 aliphatic rings. The summed E-state index contributed by atoms with van der Waals surface area (Å²) in [5, 5.41) is 10.3. The fourth-order valence-corrected chi connectivity index (χ4v) is 4.18. The van der Waals surface area contributed by atoms with Crippen LogP contribution in [0.1, 0.15) is 23.4 Å². The van der Waals surface area contributed by atoms with Gasteiger partial charge in [-0.1, -0.05) is 65.3 Å². The van der Waals surface area contributed by atoms with Gasteiger partial charge in [0.1, 0.15) is 0 Å². The van der Waals surface area contributed by atoms with Gasteiger partial charge in [-0.15, -0.1) is 0 Å². The van der Waals surface area contributed by atoms with Crippen LogP contribution in [0.3, 0.4) is 0 Å². The molecule has 0 unspecified atom stereocenters. The second kappa shape index (κ2) is 9.64. The Kier molecular flexibility index (Phi) is 6.28. The van der Waals surface area contributed by atoms with Crippen LogP contribution < -0.4 is 0 Å². The minimum Gasteiger partial charge on any atom is -0.338 e. The van der Waals surface area contributed by atoms with Crippen molar-refractivity contribution < 1.29 is 9.32 Å². The van der Waals surface area contributed by atoms with E-state index in [1.54, 1.807) is 5.01 Å². The molecule has 33 heavy (non-hydrogen) atoms. The topological polar surface area (TPSA) is 78.1 Å². The van der Waals surface area contributed by atoms with E-state index in [2.05, 4.69) is 32.0 Å². The van der Waals surface area contributed by atoms with Gasteiger partial charge in [-0.2, -0.15) is 10.1 Å². The lowest BCUT2D eigenvalue weighted by atomic mass is 10.1. The summed E-state index contributed by atoms with van der Waals surface area (Å²) in [7, 11) is 0. The van der Waals surface area contributed by atoms with Crippen molar-refractivity contribution in [1.82, 2.24) is 24.9 Å². The maximum atomic E-state index is 12.8. The first-order valence-electron chi connectivity index (χ1n) is 11.4. The number of piperazine rings is 1. The lowest BCUT2D eigenvalue weighted by Gasteiger charge is -2.33. The summed E-state index contributed by atoms with van der Waals surface area (Å²) in [6.45, 7) is 7.10. The third-order valence-electron chi connectivity index (χ3n) is 6.16. The van der Waals surface area contributed by atoms with Gasteiger partial charge >= 0.3 is 0 Å². The highest BCUT2D eigenvalue weighted by atomic mass is 16.5. The fraction of sp³-hybridized carbons (Fsp3) is 0.360. The molecule has 2 aromatic carbocycles. The van der Waals surface area contributed by atoms with Crippen LogP contribution in [0.25, 0.3) is 11.4 Å². The zero-order valence-electron chi connectivity index (χ0n) is 18.9. The molecule has 3 heterocycles. The highest BCUT2D eigenvalue weighted by Gasteiger charge is 2.26. The van der Waals surface area contributed by atoms with Crippen LogP contribution in [-0.2, 0) is 11.3 Å². The Morgan fingerprint density at radius 2 is 1.64 bits per heavy atom. The van der Waals surface area contributed by atoms with Gasteiger partial charge in [0.15, 0.2) is 0 Å². The molecule has 0 atom stereocenters. The van der Waals surface area contributed by atoms with E-state index in [0.29, 0.717) is 31.3 Å². The van der Waals surface area contributed by atoms with E-state index in [4.69, 9.17) is 4.52 Å². The van der Waals surface area contributed by atoms with Crippen LogP contribution in [0.15, 0.2) is 64.2 Å². The van der Waals surface area contributed by atoms with Crippen molar-refractivity contribution in [2.24, 2.45) is 5.10 Å². The Morgan fingerprint density at radius 1 is 0.909 bits per heavy atom. The molecule has 0 aliphatic carbocycles. The first kappa shape index (κ1) is 21.5. The smallest absolute Gasteiger partial charge is 0.256 e. The Hall–Kier alpha value is -3.36. The van der Waals surface area contributed by atoms with Gasteiger partial charge in [-0.05, 0) is 12.5 Å². The zero-order chi connectivity index (χ0) is 22.6. The highest BCUT2D eigenvalue weighted by molar-refractivity contribution is 6.02. The summed E-state index contributed by atoms with van der Waals surface area (Å²) in [4.78, 5) is 21.8. The molecule has 0 spiro atoms. The van der Waals surface area contributed by atoms with Gasteiger partial charge in [-0.3, -0.25) is 14.6 Å². The molecule has 0 radical (unpaired) electrons. The van der Waals surface area contributed by atoms with Crippen molar-refractivity contribution in [2.45, 2.75) is 19.9 Å². The SMILES string of the molecule is Cc1ccc(-c2noc(CN3CCN(CC(=O)N4CCC(c5ccccc5)=N4)CC3)n2)cc1. The Labute approximate surface area is 193 Å². The summed E-state index contributed by atoms with van der Waals surface area (Å²) in [6.07, 6.45) is 0.804. The Morgan fingerprint density at radius 3 is 2.39 bits per heavy atom. The molecule has 170 valence electrons. The van der Waals surface area contributed by atoms with E-state index in [-0.39, 0.29) is 5.91 Å². The molecule has 0 saturated carbocycles. The van der Waals surface area contributed by atoms with Gasteiger partial charge < -0.3 is 4.52 Å². The zero-order valence-corrected chi connectivity index (χ0v) is 18.9. The quantitative estimate of drug-likeness (QED) is 0.582. The lowest BCUT2D eigenvalue weighted by molar-refractivity contribution is -0.132. The predicted octanol–water partition coefficient (Wildman–Crippen LogP) is 2.80. The molecule has 3 aromatic rings. The second-order valence-corrected chi connectivity index (χ2v) is 8.61. The number of hydrogen-bond acceptors (Lipinski definition) is 7. The molecular formula is C25H28N6O2. The summed E-state index contributed by atoms with van der Waals surface area (Å²) < 4.78 is 5.47. The van der Waals surface area contributed by atoms with Crippen LogP contribution in [0, 0.1) is 6.92 Å². The van der Waals surface area contributed by atoms with Crippen LogP contribution >= 0.6 is 0 Å². The van der Waals surface area contributed by atoms with E-state index >= 15 is 0 Å². The Bertz CT molecular complexity index is 1120. The van der Waals surface area contributed by atoms with Crippen molar-refractivity contribution in [1.29, 1.82) is 0 Å². The van der Waals surface area contributed by atoms with Gasteiger partial charge in [0, 0.05) is 38.2 Å². The van der Waals surface area contributed by atoms with Crippen LogP contribution in [0.2, 0.25) is 0 Å². The number of carbonyl (C=O) groups is 1. The number of rotatable bonds is 6. The van der Waals surface area contributed by atoms with Crippen LogP contribution in [-0.4, -0.2) is 75.8 Å². The summed E-state index contributed by atoms with van der Waals surface area (Å²) >= 11 is 0. The average Bonchev–Trinajstić information content (AvgIpc) is 3.52. The third kappa shape index (κ3) is 5.18. The molecule has 1 saturated heterocycles. The van der Waals surface area contributed by atoms with Crippen molar-refractivity contribution in [3.63, 3.8) is 0 Å². The molecule has 2 aliphatic heterocycles. The number of hydrazone groups is 1. The summed E-state index contributed by atoms with van der Waals surface area (Å²) in [5.41, 5.74) is 4.23. The number of nitrogens with zero attached hydrogens (tertiary/aromatic N) is 6. The monoisotopic (exact) mass is 444 g/mol. The van der Waals surface area contributed by atoms with Crippen molar-refractivity contribution >= 4 is 11.6 Å². The number of amides is 1. The van der Waals surface area contributed by atoms with Gasteiger partial charge in [-0.25, -0.2) is 5.01 Å². The molecule has 1 amide bonds. The van der Waals surface area contributed by atoms with E-state index in [1.165, 1.54) is 5.56 Å². The van der Waals surface area contributed by atoms with Crippen LogP contribution in [0.4, 0.5) is 0 Å². The average molecular weight is 445 g/mol. The third-order valence-corrected chi connectivity index (χ3v) is 6.16. The molecule has 8 heteroatoms. The number of aromatic nitrogens is 2. The van der Waals surface area contributed by atoms with E-state index in [1.807, 2.05) is 54.6 Å². The second-order valence-electron chi connectivity index (χ2n) is 8.61. The number of hydrogen-bond donors (Lipinski definition) is 0. The molecular weight excluding hydrogens is 416 g/mol. The van der Waals surface area contributed by atoms with E-state index < -0.39 is 0 Å². The first-order chi connectivity index (χ1) is 16.1. The minimum atomic E-state index is 0.0639. The van der Waals surface area contributed by atoms with Gasteiger partial charge in [0.25, 0.3) is 5.91 Å². The van der Waals surface area contributed by atoms with Crippen molar-refractivity contribution in [2.75, 3.05) is 39.3 Å². The number of benzene rings is 2. The first-order valence-corrected chi connectivity index (χ1v) is 11.4. The van der Waals surface area contributed by atoms with Crippen molar-refractivity contribution in [3.8, 4) is 11.4 Å². The standard InChI is InChI=1S/C25H28N6O2/c1-19-7-9-21(10-8-19)25-26-23(33-28-25)17-29-13-15-30(16-14-29)18-24(32)31-12-11-22(27-31)20-5-3-2-4-6-20/h2-10H,11-18H2,1H3. The maximum Gasteiger partial charge on any atom is 0.256 e. The predicted molar refractivity (Wildman–Crippen MR) is 125 cm³/mol. The molecule has 8 nitrogen and oxygen atoms in total. The number of aryl methyl sites for hydroxylation is 1. The Balaban J connectivity index is 1.10. The lowest BCUT2D eigenvalue weighted by Crippen LogP contribution is -2.49. The normalized spacial score (nSPS) is 17.4. The molecule has 0 bridgehead atoms.